The van der Waals surface area contributed by atoms with Gasteiger partial charge in [-0.05, 0) is 38.3 Å². The molecule has 1 aromatic carbocycles. The van der Waals surface area contributed by atoms with E-state index in [4.69, 9.17) is 5.26 Å². The molecule has 0 fully saturated rings. The summed E-state index contributed by atoms with van der Waals surface area (Å²) in [5.74, 6) is -0.555. The summed E-state index contributed by atoms with van der Waals surface area (Å²) in [4.78, 5) is 12.1. The van der Waals surface area contributed by atoms with Crippen molar-refractivity contribution in [2.45, 2.75) is 34.1 Å². The summed E-state index contributed by atoms with van der Waals surface area (Å²) in [5, 5.41) is 8.92. The molecule has 2 heteroatoms. The first-order valence-electron chi connectivity index (χ1n) is 5.53. The van der Waals surface area contributed by atoms with Crippen LogP contribution in [0.4, 0.5) is 0 Å². The van der Waals surface area contributed by atoms with Crippen molar-refractivity contribution in [3.63, 3.8) is 0 Å². The molecule has 0 aliphatic carbocycles. The van der Waals surface area contributed by atoms with Crippen LogP contribution in [-0.4, -0.2) is 5.78 Å². The van der Waals surface area contributed by atoms with Gasteiger partial charge in [0.05, 0.1) is 6.07 Å². The summed E-state index contributed by atoms with van der Waals surface area (Å²) in [5.41, 5.74) is 3.81. The molecule has 0 aliphatic rings. The quantitative estimate of drug-likeness (QED) is 0.725. The van der Waals surface area contributed by atoms with Gasteiger partial charge in [-0.25, -0.2) is 0 Å². The lowest BCUT2D eigenvalue weighted by Gasteiger charge is -2.12. The second-order valence-electron chi connectivity index (χ2n) is 4.23. The second-order valence-corrected chi connectivity index (χ2v) is 4.23. The third-order valence-electron chi connectivity index (χ3n) is 2.80. The fraction of sp³-hybridized carbons (Fsp3) is 0.429. The first-order valence-corrected chi connectivity index (χ1v) is 5.53. The van der Waals surface area contributed by atoms with Gasteiger partial charge in [-0.15, -0.1) is 0 Å². The lowest BCUT2D eigenvalue weighted by Crippen LogP contribution is -2.15. The zero-order chi connectivity index (χ0) is 12.3. The molecular weight excluding hydrogens is 198 g/mol. The van der Waals surface area contributed by atoms with Crippen molar-refractivity contribution in [1.82, 2.24) is 0 Å². The minimum Gasteiger partial charge on any atom is -0.293 e. The van der Waals surface area contributed by atoms with Crippen molar-refractivity contribution in [3.05, 3.63) is 34.4 Å². The van der Waals surface area contributed by atoms with E-state index in [0.717, 1.165) is 22.3 Å². The van der Waals surface area contributed by atoms with E-state index in [0.29, 0.717) is 6.42 Å². The van der Waals surface area contributed by atoms with E-state index >= 15 is 0 Å². The van der Waals surface area contributed by atoms with Gasteiger partial charge in [0, 0.05) is 5.56 Å². The number of ketones is 1. The van der Waals surface area contributed by atoms with Crippen LogP contribution in [0, 0.1) is 38.0 Å². The molecule has 0 saturated carbocycles. The van der Waals surface area contributed by atoms with E-state index in [-0.39, 0.29) is 5.78 Å². The van der Waals surface area contributed by atoms with Crippen LogP contribution in [0.5, 0.6) is 0 Å². The predicted octanol–water partition coefficient (Wildman–Crippen LogP) is 3.34. The van der Waals surface area contributed by atoms with Crippen LogP contribution in [-0.2, 0) is 0 Å². The Hall–Kier alpha value is -1.62. The summed E-state index contributed by atoms with van der Waals surface area (Å²) in [6.45, 7) is 7.73. The van der Waals surface area contributed by atoms with Crippen LogP contribution >= 0.6 is 0 Å². The fourth-order valence-electron chi connectivity index (χ4n) is 2.08. The molecule has 2 nitrogen and oxygen atoms in total. The van der Waals surface area contributed by atoms with Gasteiger partial charge in [0.25, 0.3) is 0 Å². The molecule has 1 unspecified atom stereocenters. The van der Waals surface area contributed by atoms with Gasteiger partial charge in [0.1, 0.15) is 5.92 Å². The minimum absolute atomic E-state index is 0.0417. The molecule has 1 aromatic rings. The zero-order valence-electron chi connectivity index (χ0n) is 10.3. The lowest BCUT2D eigenvalue weighted by atomic mass is 9.89. The highest BCUT2D eigenvalue weighted by atomic mass is 16.1. The number of aryl methyl sites for hydroxylation is 3. The summed E-state index contributed by atoms with van der Waals surface area (Å²) < 4.78 is 0. The Labute approximate surface area is 96.9 Å². The first kappa shape index (κ1) is 12.4. The average Bonchev–Trinajstić information content (AvgIpc) is 2.17. The maximum atomic E-state index is 12.1. The van der Waals surface area contributed by atoms with Crippen LogP contribution in [0.1, 0.15) is 40.4 Å². The van der Waals surface area contributed by atoms with Crippen LogP contribution in [0.15, 0.2) is 12.1 Å². The molecule has 1 atom stereocenters. The molecule has 1 rings (SSSR count). The maximum Gasteiger partial charge on any atom is 0.180 e. The van der Waals surface area contributed by atoms with Crippen LogP contribution in [0.25, 0.3) is 0 Å². The molecule has 0 radical (unpaired) electrons. The Morgan fingerprint density at radius 1 is 1.31 bits per heavy atom. The summed E-state index contributed by atoms with van der Waals surface area (Å²) in [6.07, 6.45) is 0.572. The van der Waals surface area contributed by atoms with Crippen molar-refractivity contribution in [2.75, 3.05) is 0 Å². The van der Waals surface area contributed by atoms with Crippen molar-refractivity contribution in [1.29, 1.82) is 5.26 Å². The number of nitriles is 1. The molecule has 0 amide bonds. The van der Waals surface area contributed by atoms with Gasteiger partial charge < -0.3 is 0 Å². The molecule has 16 heavy (non-hydrogen) atoms. The van der Waals surface area contributed by atoms with Crippen molar-refractivity contribution in [2.24, 2.45) is 5.92 Å². The number of rotatable bonds is 3. The third kappa shape index (κ3) is 2.30. The largest absolute Gasteiger partial charge is 0.293 e. The fourth-order valence-corrected chi connectivity index (χ4v) is 2.08. The lowest BCUT2D eigenvalue weighted by molar-refractivity contribution is 0.0945. The van der Waals surface area contributed by atoms with E-state index < -0.39 is 5.92 Å². The molecular formula is C14H17NO. The monoisotopic (exact) mass is 215 g/mol. The Kier molecular flexibility index (Phi) is 3.84. The number of carbonyl (C=O) groups excluding carboxylic acids is 1. The molecule has 84 valence electrons. The molecule has 0 spiro atoms. The zero-order valence-corrected chi connectivity index (χ0v) is 10.3. The topological polar surface area (TPSA) is 40.9 Å². The van der Waals surface area contributed by atoms with Crippen LogP contribution in [0.2, 0.25) is 0 Å². The molecule has 0 N–H and O–H groups in total. The summed E-state index contributed by atoms with van der Waals surface area (Å²) >= 11 is 0. The van der Waals surface area contributed by atoms with E-state index in [2.05, 4.69) is 6.07 Å². The number of benzene rings is 1. The first-order chi connectivity index (χ1) is 7.51. The summed E-state index contributed by atoms with van der Waals surface area (Å²) in [7, 11) is 0. The standard InChI is InChI=1S/C14H17NO/c1-5-12(8-15)14(16)13-10(3)6-9(2)7-11(13)4/h6-7,12H,5H2,1-4H3. The van der Waals surface area contributed by atoms with Crippen molar-refractivity contribution in [3.8, 4) is 6.07 Å². The highest BCUT2D eigenvalue weighted by Gasteiger charge is 2.21. The van der Waals surface area contributed by atoms with Crippen LogP contribution < -0.4 is 0 Å². The second kappa shape index (κ2) is 4.94. The Bertz CT molecular complexity index is 431. The van der Waals surface area contributed by atoms with Gasteiger partial charge >= 0.3 is 0 Å². The molecule has 0 aromatic heterocycles. The number of nitrogens with zero attached hydrogens (tertiary/aromatic N) is 1. The molecule has 0 bridgehead atoms. The van der Waals surface area contributed by atoms with Gasteiger partial charge in [0.15, 0.2) is 5.78 Å². The number of hydrogen-bond donors (Lipinski definition) is 0. The minimum atomic E-state index is -0.514. The van der Waals surface area contributed by atoms with E-state index in [1.165, 1.54) is 0 Å². The van der Waals surface area contributed by atoms with Crippen molar-refractivity contribution >= 4 is 5.78 Å². The van der Waals surface area contributed by atoms with Gasteiger partial charge in [-0.2, -0.15) is 5.26 Å². The van der Waals surface area contributed by atoms with E-state index in [1.807, 2.05) is 39.8 Å². The maximum absolute atomic E-state index is 12.1. The van der Waals surface area contributed by atoms with Crippen LogP contribution in [0.3, 0.4) is 0 Å². The average molecular weight is 215 g/mol. The number of hydrogen-bond acceptors (Lipinski definition) is 2. The molecule has 0 saturated heterocycles. The smallest absolute Gasteiger partial charge is 0.180 e. The van der Waals surface area contributed by atoms with Gasteiger partial charge in [-0.1, -0.05) is 24.6 Å². The summed E-state index contributed by atoms with van der Waals surface area (Å²) in [6, 6.07) is 6.05. The number of Topliss-reactive ketones (excluding diaryl/α,β-unsaturated/α-hetero) is 1. The van der Waals surface area contributed by atoms with Crippen molar-refractivity contribution < 1.29 is 4.79 Å². The predicted molar refractivity (Wildman–Crippen MR) is 64.4 cm³/mol. The highest BCUT2D eigenvalue weighted by molar-refractivity contribution is 6.01. The Morgan fingerprint density at radius 2 is 1.81 bits per heavy atom. The normalized spacial score (nSPS) is 11.9. The van der Waals surface area contributed by atoms with Gasteiger partial charge in [0.2, 0.25) is 0 Å². The Balaban J connectivity index is 3.24. The number of carbonyl (C=O) groups is 1. The molecule has 0 heterocycles. The highest BCUT2D eigenvalue weighted by Crippen LogP contribution is 2.21. The SMILES string of the molecule is CCC(C#N)C(=O)c1c(C)cc(C)cc1C. The van der Waals surface area contributed by atoms with E-state index in [9.17, 15) is 4.79 Å². The third-order valence-corrected chi connectivity index (χ3v) is 2.80. The van der Waals surface area contributed by atoms with E-state index in [1.54, 1.807) is 0 Å². The van der Waals surface area contributed by atoms with Gasteiger partial charge in [-0.3, -0.25) is 4.79 Å². The molecule has 0 aliphatic heterocycles. The Morgan fingerprint density at radius 3 is 2.19 bits per heavy atom.